The molecule has 0 heterocycles. The number of aromatic carboxylic acids is 1. The average Bonchev–Trinajstić information content (AvgIpc) is 2.27. The van der Waals surface area contributed by atoms with E-state index in [4.69, 9.17) is 5.11 Å². The Morgan fingerprint density at radius 2 is 2.05 bits per heavy atom. The van der Waals surface area contributed by atoms with Gasteiger partial charge in [-0.1, -0.05) is 0 Å². The van der Waals surface area contributed by atoms with E-state index < -0.39 is 34.2 Å². The Morgan fingerprint density at radius 3 is 2.58 bits per heavy atom. The summed E-state index contributed by atoms with van der Waals surface area (Å²) in [6.07, 6.45) is 0. The Morgan fingerprint density at radius 1 is 1.42 bits per heavy atom. The summed E-state index contributed by atoms with van der Waals surface area (Å²) in [5, 5.41) is 11.3. The fraction of sp³-hybridized carbons (Fsp3) is 0.333. The van der Waals surface area contributed by atoms with E-state index in [1.165, 1.54) is 0 Å². The molecule has 1 amide bonds. The van der Waals surface area contributed by atoms with Gasteiger partial charge in [0.25, 0.3) is 0 Å². The Labute approximate surface area is 112 Å². The summed E-state index contributed by atoms with van der Waals surface area (Å²) in [7, 11) is -1.92. The van der Waals surface area contributed by atoms with Crippen molar-refractivity contribution in [3.05, 3.63) is 29.6 Å². The number of nitrogens with one attached hydrogen (secondary N) is 1. The molecular weight excluding hydrogens is 273 g/mol. The molecule has 1 atom stereocenters. The smallest absolute Gasteiger partial charge is 0.335 e. The summed E-state index contributed by atoms with van der Waals surface area (Å²) < 4.78 is 25.3. The number of carbonyl (C=O) groups excluding carboxylic acids is 1. The van der Waals surface area contributed by atoms with E-state index >= 15 is 0 Å². The van der Waals surface area contributed by atoms with Gasteiger partial charge in [-0.05, 0) is 32.0 Å². The molecule has 19 heavy (non-hydrogen) atoms. The van der Waals surface area contributed by atoms with E-state index in [-0.39, 0.29) is 16.5 Å². The summed E-state index contributed by atoms with van der Waals surface area (Å²) in [5.74, 6) is -2.92. The minimum atomic E-state index is -1.92. The lowest BCUT2D eigenvalue weighted by Gasteiger charge is -2.08. The summed E-state index contributed by atoms with van der Waals surface area (Å²) in [6, 6.07) is 2.87. The van der Waals surface area contributed by atoms with Crippen molar-refractivity contribution in [3.8, 4) is 0 Å². The Balaban J connectivity index is 2.90. The standard InChI is InChI=1S/C12H14FNO4S/c1-7(2)14-11(15)6-19(18)10-5-8(12(16)17)3-4-9(10)13/h3-5,7H,6H2,1-2H3,(H,14,15)(H,16,17). The number of carbonyl (C=O) groups is 2. The van der Waals surface area contributed by atoms with E-state index in [2.05, 4.69) is 5.32 Å². The molecule has 0 aliphatic rings. The van der Waals surface area contributed by atoms with Gasteiger partial charge >= 0.3 is 5.97 Å². The van der Waals surface area contributed by atoms with E-state index in [9.17, 15) is 18.2 Å². The maximum Gasteiger partial charge on any atom is 0.335 e. The molecule has 0 saturated heterocycles. The van der Waals surface area contributed by atoms with Crippen molar-refractivity contribution in [2.24, 2.45) is 0 Å². The van der Waals surface area contributed by atoms with Crippen LogP contribution in [0.2, 0.25) is 0 Å². The number of carboxylic acids is 1. The Bertz CT molecular complexity index is 530. The largest absolute Gasteiger partial charge is 0.478 e. The van der Waals surface area contributed by atoms with Gasteiger partial charge in [0.15, 0.2) is 0 Å². The molecule has 1 aromatic carbocycles. The van der Waals surface area contributed by atoms with Gasteiger partial charge in [-0.3, -0.25) is 9.00 Å². The van der Waals surface area contributed by atoms with E-state index in [1.54, 1.807) is 13.8 Å². The van der Waals surface area contributed by atoms with E-state index in [0.29, 0.717) is 0 Å². The highest BCUT2D eigenvalue weighted by atomic mass is 32.2. The molecule has 1 unspecified atom stereocenters. The highest BCUT2D eigenvalue weighted by Gasteiger charge is 2.17. The second-order valence-corrected chi connectivity index (χ2v) is 5.58. The molecule has 0 saturated carbocycles. The van der Waals surface area contributed by atoms with Gasteiger partial charge in [0.2, 0.25) is 5.91 Å². The molecule has 5 nitrogen and oxygen atoms in total. The molecule has 0 aliphatic heterocycles. The van der Waals surface area contributed by atoms with Gasteiger partial charge in [0, 0.05) is 6.04 Å². The number of rotatable bonds is 5. The zero-order valence-electron chi connectivity index (χ0n) is 10.5. The van der Waals surface area contributed by atoms with Crippen molar-refractivity contribution in [3.63, 3.8) is 0 Å². The monoisotopic (exact) mass is 287 g/mol. The second kappa shape index (κ2) is 6.42. The number of hydrogen-bond donors (Lipinski definition) is 2. The molecule has 7 heteroatoms. The van der Waals surface area contributed by atoms with Crippen LogP contribution in [0.1, 0.15) is 24.2 Å². The van der Waals surface area contributed by atoms with Crippen molar-refractivity contribution in [1.29, 1.82) is 0 Å². The van der Waals surface area contributed by atoms with Crippen LogP contribution in [-0.4, -0.2) is 33.0 Å². The number of benzene rings is 1. The molecule has 1 aromatic rings. The van der Waals surface area contributed by atoms with Crippen molar-refractivity contribution < 1.29 is 23.3 Å². The summed E-state index contributed by atoms with van der Waals surface area (Å²) in [4.78, 5) is 21.9. The Hall–Kier alpha value is -1.76. The molecule has 104 valence electrons. The minimum Gasteiger partial charge on any atom is -0.478 e. The lowest BCUT2D eigenvalue weighted by molar-refractivity contribution is -0.119. The molecular formula is C12H14FNO4S. The van der Waals surface area contributed by atoms with Gasteiger partial charge in [-0.25, -0.2) is 9.18 Å². The van der Waals surface area contributed by atoms with Crippen LogP contribution in [-0.2, 0) is 15.6 Å². The Kier molecular flexibility index (Phi) is 5.17. The van der Waals surface area contributed by atoms with Gasteiger partial charge in [0.1, 0.15) is 11.6 Å². The van der Waals surface area contributed by atoms with Crippen LogP contribution in [0.5, 0.6) is 0 Å². The van der Waals surface area contributed by atoms with Crippen LogP contribution in [0.4, 0.5) is 4.39 Å². The normalized spacial score (nSPS) is 12.2. The maximum absolute atomic E-state index is 13.5. The van der Waals surface area contributed by atoms with Crippen molar-refractivity contribution >= 4 is 22.7 Å². The van der Waals surface area contributed by atoms with E-state index in [1.807, 2.05) is 0 Å². The quantitative estimate of drug-likeness (QED) is 0.851. The van der Waals surface area contributed by atoms with E-state index in [0.717, 1.165) is 18.2 Å². The molecule has 1 rings (SSSR count). The summed E-state index contributed by atoms with van der Waals surface area (Å²) in [5.41, 5.74) is -0.172. The highest BCUT2D eigenvalue weighted by Crippen LogP contribution is 2.15. The number of amides is 1. The zero-order chi connectivity index (χ0) is 14.6. The first-order chi connectivity index (χ1) is 8.81. The fourth-order valence-corrected chi connectivity index (χ4v) is 2.39. The maximum atomic E-state index is 13.5. The first-order valence-corrected chi connectivity index (χ1v) is 6.83. The molecule has 0 aromatic heterocycles. The predicted molar refractivity (Wildman–Crippen MR) is 67.9 cm³/mol. The topological polar surface area (TPSA) is 83.5 Å². The fourth-order valence-electron chi connectivity index (χ4n) is 1.37. The van der Waals surface area contributed by atoms with Gasteiger partial charge in [-0.2, -0.15) is 0 Å². The molecule has 0 radical (unpaired) electrons. The van der Waals surface area contributed by atoms with Gasteiger partial charge < -0.3 is 10.4 Å². The lowest BCUT2D eigenvalue weighted by Crippen LogP contribution is -2.33. The van der Waals surface area contributed by atoms with Crippen LogP contribution >= 0.6 is 0 Å². The third kappa shape index (κ3) is 4.44. The number of halogens is 1. The molecule has 0 fully saturated rings. The minimum absolute atomic E-state index is 0.111. The average molecular weight is 287 g/mol. The van der Waals surface area contributed by atoms with Gasteiger partial charge in [0.05, 0.1) is 21.3 Å². The lowest BCUT2D eigenvalue weighted by atomic mass is 10.2. The van der Waals surface area contributed by atoms with Gasteiger partial charge in [-0.15, -0.1) is 0 Å². The first kappa shape index (κ1) is 15.3. The van der Waals surface area contributed by atoms with Crippen molar-refractivity contribution in [1.82, 2.24) is 5.32 Å². The molecule has 0 aliphatic carbocycles. The van der Waals surface area contributed by atoms with Crippen LogP contribution in [0.25, 0.3) is 0 Å². The zero-order valence-corrected chi connectivity index (χ0v) is 11.3. The third-order valence-corrected chi connectivity index (χ3v) is 3.46. The summed E-state index contributed by atoms with van der Waals surface area (Å²) >= 11 is 0. The second-order valence-electron chi connectivity index (χ2n) is 4.16. The predicted octanol–water partition coefficient (Wildman–Crippen LogP) is 1.16. The molecule has 2 N–H and O–H groups in total. The first-order valence-electron chi connectivity index (χ1n) is 5.52. The third-order valence-electron chi connectivity index (χ3n) is 2.14. The van der Waals surface area contributed by atoms with Crippen LogP contribution in [0.3, 0.4) is 0 Å². The summed E-state index contributed by atoms with van der Waals surface area (Å²) in [6.45, 7) is 3.49. The van der Waals surface area contributed by atoms with Crippen LogP contribution < -0.4 is 5.32 Å². The van der Waals surface area contributed by atoms with Crippen LogP contribution in [0, 0.1) is 5.82 Å². The molecule has 0 bridgehead atoms. The highest BCUT2D eigenvalue weighted by molar-refractivity contribution is 7.85. The van der Waals surface area contributed by atoms with Crippen molar-refractivity contribution in [2.75, 3.05) is 5.75 Å². The SMILES string of the molecule is CC(C)NC(=O)CS(=O)c1cc(C(=O)O)ccc1F. The number of hydrogen-bond acceptors (Lipinski definition) is 3. The van der Waals surface area contributed by atoms with Crippen molar-refractivity contribution in [2.45, 2.75) is 24.8 Å². The van der Waals surface area contributed by atoms with Crippen LogP contribution in [0.15, 0.2) is 23.1 Å². The molecule has 0 spiro atoms. The number of carboxylic acid groups (broad SMARTS) is 1.